The Kier molecular flexibility index (Phi) is 5.18. The molecule has 1 atom stereocenters. The molecule has 5 heteroatoms. The molecule has 3 rings (SSSR count). The highest BCUT2D eigenvalue weighted by molar-refractivity contribution is 5.78. The lowest BCUT2D eigenvalue weighted by Crippen LogP contribution is -2.43. The second kappa shape index (κ2) is 7.51. The molecule has 1 amide bonds. The van der Waals surface area contributed by atoms with Crippen molar-refractivity contribution in [2.45, 2.75) is 32.7 Å². The summed E-state index contributed by atoms with van der Waals surface area (Å²) in [6.45, 7) is 5.16. The van der Waals surface area contributed by atoms with Crippen LogP contribution in [-0.2, 0) is 17.8 Å². The molecule has 1 aliphatic heterocycles. The van der Waals surface area contributed by atoms with Gasteiger partial charge in [-0.3, -0.25) is 9.69 Å². The predicted octanol–water partition coefficient (Wildman–Crippen LogP) is 2.75. The molecular formula is C18H24N2O3. The zero-order valence-corrected chi connectivity index (χ0v) is 13.6. The summed E-state index contributed by atoms with van der Waals surface area (Å²) in [6, 6.07) is 7.80. The monoisotopic (exact) mass is 316 g/mol. The number of carbonyl (C=O) groups is 1. The van der Waals surface area contributed by atoms with Gasteiger partial charge in [-0.25, -0.2) is 0 Å². The molecule has 1 N–H and O–H groups in total. The van der Waals surface area contributed by atoms with Crippen LogP contribution in [0.3, 0.4) is 0 Å². The second-order valence-corrected chi connectivity index (χ2v) is 6.21. The molecule has 124 valence electrons. The van der Waals surface area contributed by atoms with Crippen LogP contribution < -0.4 is 5.32 Å². The number of rotatable bonds is 6. The predicted molar refractivity (Wildman–Crippen MR) is 86.9 cm³/mol. The van der Waals surface area contributed by atoms with Crippen molar-refractivity contribution in [2.75, 3.05) is 19.6 Å². The van der Waals surface area contributed by atoms with E-state index in [0.29, 0.717) is 6.54 Å². The third kappa shape index (κ3) is 4.48. The first-order valence-electron chi connectivity index (χ1n) is 8.28. The minimum atomic E-state index is 0.0667. The molecule has 1 saturated heterocycles. The molecule has 23 heavy (non-hydrogen) atoms. The number of likely N-dealkylation sites (tertiary alicyclic amines) is 1. The summed E-state index contributed by atoms with van der Waals surface area (Å²) in [7, 11) is 0. The van der Waals surface area contributed by atoms with Gasteiger partial charge in [-0.2, -0.15) is 0 Å². The molecule has 0 radical (unpaired) electrons. The maximum absolute atomic E-state index is 12.3. The Labute approximate surface area is 136 Å². The average molecular weight is 316 g/mol. The number of carbonyl (C=O) groups excluding carboxylic acids is 1. The standard InChI is InChI=1S/C18H24N2O3/c1-14-6-7-16(23-14)8-9-19-18(21)15-4-2-10-20(12-15)13-17-5-3-11-22-17/h3,5-7,11,15H,2,4,8-10,12-13H2,1H3,(H,19,21)/t15-/m1/s1. The van der Waals surface area contributed by atoms with Gasteiger partial charge in [0.25, 0.3) is 0 Å². The number of nitrogens with one attached hydrogen (secondary N) is 1. The van der Waals surface area contributed by atoms with E-state index in [1.54, 1.807) is 6.26 Å². The van der Waals surface area contributed by atoms with Gasteiger partial charge in [0.15, 0.2) is 0 Å². The lowest BCUT2D eigenvalue weighted by Gasteiger charge is -2.31. The van der Waals surface area contributed by atoms with Crippen LogP contribution in [0.4, 0.5) is 0 Å². The van der Waals surface area contributed by atoms with E-state index in [1.165, 1.54) is 0 Å². The summed E-state index contributed by atoms with van der Waals surface area (Å²) >= 11 is 0. The Morgan fingerprint density at radius 2 is 2.26 bits per heavy atom. The summed E-state index contributed by atoms with van der Waals surface area (Å²) in [5.41, 5.74) is 0. The molecule has 5 nitrogen and oxygen atoms in total. The van der Waals surface area contributed by atoms with E-state index in [-0.39, 0.29) is 11.8 Å². The van der Waals surface area contributed by atoms with E-state index in [4.69, 9.17) is 8.83 Å². The molecule has 0 spiro atoms. The van der Waals surface area contributed by atoms with E-state index < -0.39 is 0 Å². The Balaban J connectivity index is 1.43. The zero-order valence-electron chi connectivity index (χ0n) is 13.6. The van der Waals surface area contributed by atoms with Crippen LogP contribution in [0.5, 0.6) is 0 Å². The molecule has 3 heterocycles. The van der Waals surface area contributed by atoms with Crippen molar-refractivity contribution in [1.29, 1.82) is 0 Å². The van der Waals surface area contributed by atoms with E-state index in [9.17, 15) is 4.79 Å². The summed E-state index contributed by atoms with van der Waals surface area (Å²) in [4.78, 5) is 14.6. The minimum absolute atomic E-state index is 0.0667. The molecule has 2 aromatic heterocycles. The molecule has 1 aliphatic rings. The highest BCUT2D eigenvalue weighted by Crippen LogP contribution is 2.19. The first-order valence-corrected chi connectivity index (χ1v) is 8.28. The van der Waals surface area contributed by atoms with Crippen molar-refractivity contribution in [2.24, 2.45) is 5.92 Å². The molecule has 0 aliphatic carbocycles. The average Bonchev–Trinajstić information content (AvgIpc) is 3.19. The first kappa shape index (κ1) is 15.9. The maximum atomic E-state index is 12.3. The van der Waals surface area contributed by atoms with Crippen LogP contribution in [0.1, 0.15) is 30.1 Å². The summed E-state index contributed by atoms with van der Waals surface area (Å²) in [5.74, 6) is 3.01. The highest BCUT2D eigenvalue weighted by Gasteiger charge is 2.25. The summed E-state index contributed by atoms with van der Waals surface area (Å²) in [6.07, 6.45) is 4.44. The fraction of sp³-hybridized carbons (Fsp3) is 0.500. The number of nitrogens with zero attached hydrogens (tertiary/aromatic N) is 1. The van der Waals surface area contributed by atoms with E-state index in [0.717, 1.165) is 56.2 Å². The van der Waals surface area contributed by atoms with Crippen molar-refractivity contribution in [3.05, 3.63) is 47.8 Å². The number of hydrogen-bond acceptors (Lipinski definition) is 4. The maximum Gasteiger partial charge on any atom is 0.224 e. The van der Waals surface area contributed by atoms with Crippen LogP contribution in [0.25, 0.3) is 0 Å². The second-order valence-electron chi connectivity index (χ2n) is 6.21. The van der Waals surface area contributed by atoms with Crippen molar-refractivity contribution in [3.63, 3.8) is 0 Å². The number of amides is 1. The van der Waals surface area contributed by atoms with Gasteiger partial charge in [0.2, 0.25) is 5.91 Å². The number of furan rings is 2. The van der Waals surface area contributed by atoms with Gasteiger partial charge in [-0.15, -0.1) is 0 Å². The lowest BCUT2D eigenvalue weighted by atomic mass is 9.97. The van der Waals surface area contributed by atoms with Gasteiger partial charge < -0.3 is 14.2 Å². The van der Waals surface area contributed by atoms with Gasteiger partial charge in [-0.05, 0) is 50.6 Å². The van der Waals surface area contributed by atoms with Crippen LogP contribution >= 0.6 is 0 Å². The Bertz CT molecular complexity index is 618. The lowest BCUT2D eigenvalue weighted by molar-refractivity contribution is -0.126. The van der Waals surface area contributed by atoms with Crippen LogP contribution in [-0.4, -0.2) is 30.4 Å². The largest absolute Gasteiger partial charge is 0.468 e. The fourth-order valence-electron chi connectivity index (χ4n) is 3.11. The van der Waals surface area contributed by atoms with Crippen LogP contribution in [0, 0.1) is 12.8 Å². The molecule has 0 unspecified atom stereocenters. The Hall–Kier alpha value is -2.01. The van der Waals surface area contributed by atoms with Crippen molar-refractivity contribution < 1.29 is 13.6 Å². The van der Waals surface area contributed by atoms with Crippen molar-refractivity contribution in [1.82, 2.24) is 10.2 Å². The van der Waals surface area contributed by atoms with Gasteiger partial charge in [0.1, 0.15) is 17.3 Å². The highest BCUT2D eigenvalue weighted by atomic mass is 16.3. The van der Waals surface area contributed by atoms with Crippen molar-refractivity contribution >= 4 is 5.91 Å². The fourth-order valence-corrected chi connectivity index (χ4v) is 3.11. The van der Waals surface area contributed by atoms with E-state index in [2.05, 4.69) is 10.2 Å². The normalized spacial score (nSPS) is 18.9. The number of aryl methyl sites for hydroxylation is 1. The third-order valence-corrected chi connectivity index (χ3v) is 4.30. The summed E-state index contributed by atoms with van der Waals surface area (Å²) < 4.78 is 10.9. The Morgan fingerprint density at radius 1 is 1.35 bits per heavy atom. The van der Waals surface area contributed by atoms with Crippen molar-refractivity contribution in [3.8, 4) is 0 Å². The topological polar surface area (TPSA) is 58.6 Å². The minimum Gasteiger partial charge on any atom is -0.468 e. The Morgan fingerprint density at radius 3 is 3.00 bits per heavy atom. The molecule has 0 saturated carbocycles. The molecule has 0 aromatic carbocycles. The van der Waals surface area contributed by atoms with Gasteiger partial charge in [0.05, 0.1) is 18.7 Å². The molecule has 2 aromatic rings. The molecular weight excluding hydrogens is 292 g/mol. The quantitative estimate of drug-likeness (QED) is 0.890. The number of hydrogen-bond donors (Lipinski definition) is 1. The zero-order chi connectivity index (χ0) is 16.1. The van der Waals surface area contributed by atoms with E-state index in [1.807, 2.05) is 31.2 Å². The SMILES string of the molecule is Cc1ccc(CCNC(=O)[C@@H]2CCCN(Cc3ccco3)C2)o1. The number of piperidine rings is 1. The third-order valence-electron chi connectivity index (χ3n) is 4.30. The smallest absolute Gasteiger partial charge is 0.224 e. The molecule has 0 bridgehead atoms. The van der Waals surface area contributed by atoms with E-state index >= 15 is 0 Å². The van der Waals surface area contributed by atoms with Crippen LogP contribution in [0.15, 0.2) is 39.4 Å². The first-order chi connectivity index (χ1) is 11.2. The van der Waals surface area contributed by atoms with Gasteiger partial charge in [0, 0.05) is 19.5 Å². The summed E-state index contributed by atoms with van der Waals surface area (Å²) in [5, 5.41) is 3.04. The molecule has 1 fully saturated rings. The van der Waals surface area contributed by atoms with Crippen LogP contribution in [0.2, 0.25) is 0 Å². The van der Waals surface area contributed by atoms with Gasteiger partial charge in [-0.1, -0.05) is 0 Å². The van der Waals surface area contributed by atoms with Gasteiger partial charge >= 0.3 is 0 Å².